The molecule has 7 nitrogen and oxygen atoms in total. The van der Waals surface area contributed by atoms with Gasteiger partial charge in [0.2, 0.25) is 5.91 Å². The molecule has 0 aliphatic rings. The van der Waals surface area contributed by atoms with E-state index in [0.29, 0.717) is 28.3 Å². The summed E-state index contributed by atoms with van der Waals surface area (Å²) >= 11 is 3.33. The van der Waals surface area contributed by atoms with Gasteiger partial charge in [-0.2, -0.15) is 0 Å². The van der Waals surface area contributed by atoms with Crippen molar-refractivity contribution in [3.05, 3.63) is 91.1 Å². The maximum atomic E-state index is 14.0. The van der Waals surface area contributed by atoms with Crippen molar-refractivity contribution in [2.45, 2.75) is 33.1 Å². The van der Waals surface area contributed by atoms with Gasteiger partial charge in [-0.3, -0.25) is 19.0 Å². The van der Waals surface area contributed by atoms with Crippen LogP contribution in [0.15, 0.2) is 45.7 Å². The smallest absolute Gasteiger partial charge is 0.272 e. The van der Waals surface area contributed by atoms with Crippen LogP contribution in [0.3, 0.4) is 0 Å². The van der Waals surface area contributed by atoms with Gasteiger partial charge in [-0.05, 0) is 71.9 Å². The summed E-state index contributed by atoms with van der Waals surface area (Å²) in [6, 6.07) is 8.39. The highest BCUT2D eigenvalue weighted by molar-refractivity contribution is 9.10. The van der Waals surface area contributed by atoms with Gasteiger partial charge in [0.15, 0.2) is 0 Å². The van der Waals surface area contributed by atoms with E-state index in [1.807, 2.05) is 6.92 Å². The molecule has 3 rings (SSSR count). The minimum absolute atomic E-state index is 0.0970. The van der Waals surface area contributed by atoms with Crippen LogP contribution in [0, 0.1) is 25.5 Å². The fraction of sp³-hybridized carbons (Fsp3) is 0.308. The number of nitrogens with one attached hydrogen (secondary N) is 1. The number of amides is 2. The van der Waals surface area contributed by atoms with Gasteiger partial charge in [0.05, 0.1) is 11.4 Å². The molecule has 0 saturated carbocycles. The first kappa shape index (κ1) is 27.2. The van der Waals surface area contributed by atoms with Crippen molar-refractivity contribution in [2.24, 2.45) is 0 Å². The molecule has 0 atom stereocenters. The van der Waals surface area contributed by atoms with E-state index in [9.17, 15) is 23.2 Å². The Hall–Kier alpha value is -3.40. The summed E-state index contributed by atoms with van der Waals surface area (Å²) in [5, 5.41) is 2.72. The lowest BCUT2D eigenvalue weighted by atomic mass is 10.1. The SMILES string of the molecule is Cc1ccc(C(=O)NCCC(=O)N(C)C)cc1-n1c(C)nc(CCc2ccc(F)cc2F)c(Br)c1=O. The zero-order valence-electron chi connectivity index (χ0n) is 20.5. The molecule has 0 aliphatic carbocycles. The minimum Gasteiger partial charge on any atom is -0.352 e. The van der Waals surface area contributed by atoms with Gasteiger partial charge in [-0.1, -0.05) is 12.1 Å². The van der Waals surface area contributed by atoms with Gasteiger partial charge in [0.25, 0.3) is 11.5 Å². The maximum Gasteiger partial charge on any atom is 0.272 e. The average Bonchev–Trinajstić information content (AvgIpc) is 2.82. The Morgan fingerprint density at radius 2 is 1.81 bits per heavy atom. The summed E-state index contributed by atoms with van der Waals surface area (Å²) in [5.41, 5.74) is 2.01. The normalized spacial score (nSPS) is 10.9. The fourth-order valence-electron chi connectivity index (χ4n) is 3.69. The Labute approximate surface area is 216 Å². The Morgan fingerprint density at radius 3 is 2.47 bits per heavy atom. The highest BCUT2D eigenvalue weighted by atomic mass is 79.9. The van der Waals surface area contributed by atoms with Crippen LogP contribution in [0.25, 0.3) is 5.69 Å². The molecule has 190 valence electrons. The molecular weight excluding hydrogens is 534 g/mol. The monoisotopic (exact) mass is 560 g/mol. The second-order valence-electron chi connectivity index (χ2n) is 8.59. The third-order valence-corrected chi connectivity index (χ3v) is 6.54. The number of halogens is 3. The highest BCUT2D eigenvalue weighted by Gasteiger charge is 2.18. The summed E-state index contributed by atoms with van der Waals surface area (Å²) in [6.45, 7) is 3.68. The molecule has 2 aromatic carbocycles. The third-order valence-electron chi connectivity index (χ3n) is 5.75. The number of aryl methyl sites for hydroxylation is 4. The van der Waals surface area contributed by atoms with Crippen LogP contribution in [0.2, 0.25) is 0 Å². The van der Waals surface area contributed by atoms with Gasteiger partial charge in [-0.25, -0.2) is 13.8 Å². The Balaban J connectivity index is 1.85. The van der Waals surface area contributed by atoms with E-state index in [0.717, 1.165) is 11.6 Å². The summed E-state index contributed by atoms with van der Waals surface area (Å²) in [5.74, 6) is -1.36. The van der Waals surface area contributed by atoms with E-state index < -0.39 is 11.6 Å². The van der Waals surface area contributed by atoms with Gasteiger partial charge in [0, 0.05) is 38.7 Å². The average molecular weight is 561 g/mol. The van der Waals surface area contributed by atoms with Gasteiger partial charge in [-0.15, -0.1) is 0 Å². The summed E-state index contributed by atoms with van der Waals surface area (Å²) in [6.07, 6.45) is 0.689. The van der Waals surface area contributed by atoms with Crippen molar-refractivity contribution in [2.75, 3.05) is 20.6 Å². The molecule has 36 heavy (non-hydrogen) atoms. The predicted molar refractivity (Wildman–Crippen MR) is 136 cm³/mol. The zero-order valence-corrected chi connectivity index (χ0v) is 22.1. The lowest BCUT2D eigenvalue weighted by Crippen LogP contribution is -2.30. The van der Waals surface area contributed by atoms with Gasteiger partial charge >= 0.3 is 0 Å². The number of hydrogen-bond acceptors (Lipinski definition) is 4. The zero-order chi connectivity index (χ0) is 26.6. The van der Waals surface area contributed by atoms with E-state index in [4.69, 9.17) is 0 Å². The van der Waals surface area contributed by atoms with Crippen LogP contribution in [-0.2, 0) is 17.6 Å². The van der Waals surface area contributed by atoms with Crippen molar-refractivity contribution in [3.63, 3.8) is 0 Å². The van der Waals surface area contributed by atoms with E-state index in [1.54, 1.807) is 39.2 Å². The maximum absolute atomic E-state index is 14.0. The number of benzene rings is 2. The van der Waals surface area contributed by atoms with Crippen molar-refractivity contribution in [1.29, 1.82) is 0 Å². The third kappa shape index (κ3) is 6.23. The molecule has 0 bridgehead atoms. The largest absolute Gasteiger partial charge is 0.352 e. The number of carbonyl (C=O) groups is 2. The van der Waals surface area contributed by atoms with E-state index in [-0.39, 0.29) is 47.7 Å². The Morgan fingerprint density at radius 1 is 1.08 bits per heavy atom. The molecule has 1 aromatic heterocycles. The van der Waals surface area contributed by atoms with Crippen LogP contribution in [0.4, 0.5) is 8.78 Å². The lowest BCUT2D eigenvalue weighted by molar-refractivity contribution is -0.128. The van der Waals surface area contributed by atoms with E-state index in [2.05, 4.69) is 26.2 Å². The molecule has 2 amide bonds. The Kier molecular flexibility index (Phi) is 8.73. The second kappa shape index (κ2) is 11.6. The summed E-state index contributed by atoms with van der Waals surface area (Å²) < 4.78 is 28.8. The molecule has 0 radical (unpaired) electrons. The first-order valence-corrected chi connectivity index (χ1v) is 12.1. The molecule has 1 heterocycles. The number of carbonyl (C=O) groups excluding carboxylic acids is 2. The molecule has 0 aliphatic heterocycles. The molecule has 0 spiro atoms. The molecule has 0 unspecified atom stereocenters. The molecule has 3 aromatic rings. The molecule has 10 heteroatoms. The van der Waals surface area contributed by atoms with Crippen LogP contribution in [0.5, 0.6) is 0 Å². The van der Waals surface area contributed by atoms with Crippen molar-refractivity contribution in [3.8, 4) is 5.69 Å². The standard InChI is InChI=1S/C26H27BrF2N4O3/c1-15-5-6-18(25(35)30-12-11-23(34)32(3)4)13-22(15)33-16(2)31-21(24(27)26(33)36)10-8-17-7-9-19(28)14-20(17)29/h5-7,9,13-14H,8,10-12H2,1-4H3,(H,30,35). The predicted octanol–water partition coefficient (Wildman–Crippen LogP) is 3.88. The fourth-order valence-corrected chi connectivity index (χ4v) is 4.15. The summed E-state index contributed by atoms with van der Waals surface area (Å²) in [7, 11) is 3.30. The quantitative estimate of drug-likeness (QED) is 0.453. The molecule has 1 N–H and O–H groups in total. The molecule has 0 fully saturated rings. The topological polar surface area (TPSA) is 84.3 Å². The van der Waals surface area contributed by atoms with Crippen LogP contribution < -0.4 is 10.9 Å². The second-order valence-corrected chi connectivity index (χ2v) is 9.38. The molecule has 0 saturated heterocycles. The number of aromatic nitrogens is 2. The lowest BCUT2D eigenvalue weighted by Gasteiger charge is -2.16. The Bertz CT molecular complexity index is 1370. The van der Waals surface area contributed by atoms with Crippen molar-refractivity contribution >= 4 is 27.7 Å². The number of hydrogen-bond donors (Lipinski definition) is 1. The van der Waals surface area contributed by atoms with Crippen molar-refractivity contribution in [1.82, 2.24) is 19.8 Å². The van der Waals surface area contributed by atoms with E-state index >= 15 is 0 Å². The first-order valence-electron chi connectivity index (χ1n) is 11.3. The minimum atomic E-state index is -0.651. The van der Waals surface area contributed by atoms with Crippen molar-refractivity contribution < 1.29 is 18.4 Å². The van der Waals surface area contributed by atoms with E-state index in [1.165, 1.54) is 21.6 Å². The number of rotatable bonds is 8. The first-order chi connectivity index (χ1) is 17.0. The number of nitrogens with zero attached hydrogens (tertiary/aromatic N) is 3. The summed E-state index contributed by atoms with van der Waals surface area (Å²) in [4.78, 5) is 43.7. The van der Waals surface area contributed by atoms with Crippen LogP contribution >= 0.6 is 15.9 Å². The van der Waals surface area contributed by atoms with Crippen LogP contribution in [-0.4, -0.2) is 46.9 Å². The highest BCUT2D eigenvalue weighted by Crippen LogP contribution is 2.21. The van der Waals surface area contributed by atoms with Gasteiger partial charge < -0.3 is 10.2 Å². The molecular formula is C26H27BrF2N4O3. The van der Waals surface area contributed by atoms with Crippen LogP contribution in [0.1, 0.15) is 39.4 Å². The van der Waals surface area contributed by atoms with Gasteiger partial charge in [0.1, 0.15) is 21.9 Å².